The molecule has 0 aliphatic carbocycles. The standard InChI is InChI=1S/C25H20F2N2O3/c1-3-32-19-10-7-16(8-11-19)22-23(28-18-6-4-5-15(2)13-18)25(31)29(24(22)30)21-14-17(26)9-12-20(21)27/h4-14,28H,3H2,1-2H3. The average molecular weight is 434 g/mol. The van der Waals surface area contributed by atoms with E-state index in [0.717, 1.165) is 23.8 Å². The monoisotopic (exact) mass is 434 g/mol. The lowest BCUT2D eigenvalue weighted by Gasteiger charge is -2.16. The molecule has 1 aliphatic rings. The minimum atomic E-state index is -0.879. The topological polar surface area (TPSA) is 58.6 Å². The first-order valence-corrected chi connectivity index (χ1v) is 10.0. The zero-order valence-electron chi connectivity index (χ0n) is 17.5. The molecule has 0 unspecified atom stereocenters. The van der Waals surface area contributed by atoms with Gasteiger partial charge in [-0.15, -0.1) is 0 Å². The summed E-state index contributed by atoms with van der Waals surface area (Å²) in [6.07, 6.45) is 0. The van der Waals surface area contributed by atoms with Crippen molar-refractivity contribution in [3.63, 3.8) is 0 Å². The van der Waals surface area contributed by atoms with Gasteiger partial charge in [0, 0.05) is 11.8 Å². The minimum Gasteiger partial charge on any atom is -0.494 e. The van der Waals surface area contributed by atoms with Gasteiger partial charge in [0.05, 0.1) is 17.9 Å². The molecule has 1 N–H and O–H groups in total. The van der Waals surface area contributed by atoms with Crippen LogP contribution in [0.3, 0.4) is 0 Å². The smallest absolute Gasteiger partial charge is 0.282 e. The number of nitrogens with zero attached hydrogens (tertiary/aromatic N) is 1. The summed E-state index contributed by atoms with van der Waals surface area (Å²) in [6, 6.07) is 16.6. The molecule has 0 radical (unpaired) electrons. The summed E-state index contributed by atoms with van der Waals surface area (Å²) in [5, 5.41) is 3.00. The van der Waals surface area contributed by atoms with Gasteiger partial charge in [0.15, 0.2) is 0 Å². The lowest BCUT2D eigenvalue weighted by Crippen LogP contribution is -2.33. The van der Waals surface area contributed by atoms with E-state index in [9.17, 15) is 18.4 Å². The Balaban J connectivity index is 1.82. The highest BCUT2D eigenvalue weighted by atomic mass is 19.1. The molecule has 0 spiro atoms. The van der Waals surface area contributed by atoms with Gasteiger partial charge in [-0.1, -0.05) is 24.3 Å². The second-order valence-electron chi connectivity index (χ2n) is 7.24. The number of anilines is 2. The van der Waals surface area contributed by atoms with Crippen LogP contribution in [-0.2, 0) is 9.59 Å². The Bertz CT molecular complexity index is 1240. The summed E-state index contributed by atoms with van der Waals surface area (Å²) in [6.45, 7) is 4.22. The van der Waals surface area contributed by atoms with E-state index in [1.54, 1.807) is 36.4 Å². The van der Waals surface area contributed by atoms with Crippen LogP contribution in [0.4, 0.5) is 20.2 Å². The van der Waals surface area contributed by atoms with Crippen molar-refractivity contribution in [2.45, 2.75) is 13.8 Å². The van der Waals surface area contributed by atoms with Crippen molar-refractivity contribution < 1.29 is 23.1 Å². The van der Waals surface area contributed by atoms with Crippen molar-refractivity contribution in [3.05, 3.63) is 95.2 Å². The van der Waals surface area contributed by atoms with Gasteiger partial charge < -0.3 is 10.1 Å². The Morgan fingerprint density at radius 3 is 2.38 bits per heavy atom. The molecule has 4 rings (SSSR count). The van der Waals surface area contributed by atoms with E-state index >= 15 is 0 Å². The zero-order chi connectivity index (χ0) is 22.8. The molecule has 32 heavy (non-hydrogen) atoms. The summed E-state index contributed by atoms with van der Waals surface area (Å²) < 4.78 is 33.7. The Morgan fingerprint density at radius 2 is 1.69 bits per heavy atom. The first-order valence-electron chi connectivity index (χ1n) is 10.0. The van der Waals surface area contributed by atoms with Gasteiger partial charge in [0.2, 0.25) is 0 Å². The number of halogens is 2. The number of amides is 2. The van der Waals surface area contributed by atoms with Crippen LogP contribution < -0.4 is 15.0 Å². The molecule has 3 aromatic carbocycles. The molecule has 2 amide bonds. The summed E-state index contributed by atoms with van der Waals surface area (Å²) in [5.41, 5.74) is 1.58. The van der Waals surface area contributed by atoms with Crippen molar-refractivity contribution >= 4 is 28.8 Å². The van der Waals surface area contributed by atoms with Gasteiger partial charge in [-0.25, -0.2) is 13.7 Å². The van der Waals surface area contributed by atoms with E-state index < -0.39 is 29.1 Å². The fourth-order valence-electron chi connectivity index (χ4n) is 3.54. The molecule has 5 nitrogen and oxygen atoms in total. The quantitative estimate of drug-likeness (QED) is 0.551. The average Bonchev–Trinajstić information content (AvgIpc) is 3.00. The van der Waals surface area contributed by atoms with Crippen molar-refractivity contribution in [1.29, 1.82) is 0 Å². The van der Waals surface area contributed by atoms with Crippen LogP contribution in [0.25, 0.3) is 5.57 Å². The molecule has 3 aromatic rings. The fraction of sp³-hybridized carbons (Fsp3) is 0.120. The molecule has 0 aromatic heterocycles. The van der Waals surface area contributed by atoms with E-state index in [1.165, 1.54) is 0 Å². The third kappa shape index (κ3) is 3.97. The predicted molar refractivity (Wildman–Crippen MR) is 118 cm³/mol. The van der Waals surface area contributed by atoms with Crippen LogP contribution in [-0.4, -0.2) is 18.4 Å². The Labute approximate surface area is 183 Å². The molecule has 7 heteroatoms. The molecular formula is C25H20F2N2O3. The predicted octanol–water partition coefficient (Wildman–Crippen LogP) is 5.07. The highest BCUT2D eigenvalue weighted by molar-refractivity contribution is 6.46. The number of carbonyl (C=O) groups excluding carboxylic acids is 2. The van der Waals surface area contributed by atoms with E-state index in [2.05, 4.69) is 5.32 Å². The second kappa shape index (κ2) is 8.63. The maximum atomic E-state index is 14.5. The summed E-state index contributed by atoms with van der Waals surface area (Å²) in [4.78, 5) is 27.3. The second-order valence-corrected chi connectivity index (χ2v) is 7.24. The number of hydrogen-bond acceptors (Lipinski definition) is 4. The minimum absolute atomic E-state index is 0.0200. The largest absolute Gasteiger partial charge is 0.494 e. The lowest BCUT2D eigenvalue weighted by molar-refractivity contribution is -0.120. The van der Waals surface area contributed by atoms with Gasteiger partial charge >= 0.3 is 0 Å². The van der Waals surface area contributed by atoms with Gasteiger partial charge in [0.1, 0.15) is 23.1 Å². The number of aryl methyl sites for hydroxylation is 1. The molecular weight excluding hydrogens is 414 g/mol. The summed E-state index contributed by atoms with van der Waals surface area (Å²) in [5.74, 6) is -2.56. The number of nitrogens with one attached hydrogen (secondary N) is 1. The van der Waals surface area contributed by atoms with Crippen molar-refractivity contribution in [3.8, 4) is 5.75 Å². The Kier molecular flexibility index (Phi) is 5.73. The van der Waals surface area contributed by atoms with Gasteiger partial charge in [-0.2, -0.15) is 0 Å². The van der Waals surface area contributed by atoms with E-state index in [4.69, 9.17) is 4.74 Å². The molecule has 0 saturated carbocycles. The first kappa shape index (κ1) is 21.2. The SMILES string of the molecule is CCOc1ccc(C2=C(Nc3cccc(C)c3)C(=O)N(c3cc(F)ccc3F)C2=O)cc1. The van der Waals surface area contributed by atoms with Gasteiger partial charge in [-0.3, -0.25) is 9.59 Å². The maximum Gasteiger partial charge on any atom is 0.282 e. The Morgan fingerprint density at radius 1 is 0.938 bits per heavy atom. The third-order valence-electron chi connectivity index (χ3n) is 4.97. The molecule has 0 atom stereocenters. The van der Waals surface area contributed by atoms with E-state index in [0.29, 0.717) is 28.5 Å². The summed E-state index contributed by atoms with van der Waals surface area (Å²) in [7, 11) is 0. The summed E-state index contributed by atoms with van der Waals surface area (Å²) >= 11 is 0. The van der Waals surface area contributed by atoms with Crippen molar-refractivity contribution in [1.82, 2.24) is 0 Å². The highest BCUT2D eigenvalue weighted by Gasteiger charge is 2.41. The van der Waals surface area contributed by atoms with Crippen LogP contribution in [0.5, 0.6) is 5.75 Å². The van der Waals surface area contributed by atoms with Crippen LogP contribution in [0.1, 0.15) is 18.1 Å². The molecule has 0 saturated heterocycles. The van der Waals surface area contributed by atoms with Crippen LogP contribution in [0.2, 0.25) is 0 Å². The highest BCUT2D eigenvalue weighted by Crippen LogP contribution is 2.35. The third-order valence-corrected chi connectivity index (χ3v) is 4.97. The number of ether oxygens (including phenoxy) is 1. The van der Waals surface area contributed by atoms with E-state index in [1.807, 2.05) is 26.0 Å². The number of carbonyl (C=O) groups is 2. The molecule has 162 valence electrons. The number of rotatable bonds is 6. The normalized spacial score (nSPS) is 13.7. The van der Waals surface area contributed by atoms with Crippen molar-refractivity contribution in [2.75, 3.05) is 16.8 Å². The van der Waals surface area contributed by atoms with Crippen LogP contribution >= 0.6 is 0 Å². The van der Waals surface area contributed by atoms with Crippen molar-refractivity contribution in [2.24, 2.45) is 0 Å². The van der Waals surface area contributed by atoms with Gasteiger partial charge in [0.25, 0.3) is 11.8 Å². The maximum absolute atomic E-state index is 14.5. The number of imide groups is 1. The first-order chi connectivity index (χ1) is 15.4. The molecule has 1 aliphatic heterocycles. The number of hydrogen-bond donors (Lipinski definition) is 1. The van der Waals surface area contributed by atoms with E-state index in [-0.39, 0.29) is 11.3 Å². The van der Waals surface area contributed by atoms with Crippen LogP contribution in [0.15, 0.2) is 72.4 Å². The zero-order valence-corrected chi connectivity index (χ0v) is 17.5. The Hall–Kier alpha value is -4.00. The number of benzene rings is 3. The fourth-order valence-corrected chi connectivity index (χ4v) is 3.54. The lowest BCUT2D eigenvalue weighted by atomic mass is 10.0. The molecule has 1 heterocycles. The van der Waals surface area contributed by atoms with Gasteiger partial charge in [-0.05, 0) is 61.4 Å². The van der Waals surface area contributed by atoms with Crippen LogP contribution in [0, 0.1) is 18.6 Å². The molecule has 0 bridgehead atoms. The molecule has 0 fully saturated rings.